The monoisotopic (exact) mass is 414 g/mol. The van der Waals surface area contributed by atoms with Gasteiger partial charge < -0.3 is 10.1 Å². The number of nitrogens with one attached hydrogen (secondary N) is 1. The maximum Gasteiger partial charge on any atom is 0.340 e. The first-order valence-corrected chi connectivity index (χ1v) is 9.14. The molecule has 7 heteroatoms. The fraction of sp³-hybridized carbons (Fsp3) is 0.0952. The number of benzene rings is 2. The Morgan fingerprint density at radius 1 is 1.04 bits per heavy atom. The van der Waals surface area contributed by atoms with Crippen molar-refractivity contribution in [2.75, 3.05) is 5.32 Å². The fourth-order valence-corrected chi connectivity index (χ4v) is 2.72. The van der Waals surface area contributed by atoms with Gasteiger partial charge in [0.05, 0.1) is 10.6 Å². The van der Waals surface area contributed by atoms with Crippen LogP contribution in [0.5, 0.6) is 0 Å². The van der Waals surface area contributed by atoms with Crippen LogP contribution in [0.15, 0.2) is 66.9 Å². The molecule has 0 aliphatic heterocycles. The van der Waals surface area contributed by atoms with Gasteiger partial charge in [-0.1, -0.05) is 71.2 Å². The molecule has 1 heterocycles. The maximum atomic E-state index is 12.8. The van der Waals surface area contributed by atoms with Gasteiger partial charge in [-0.05, 0) is 25.1 Å². The molecular formula is C21H16Cl2N2O3. The molecule has 0 saturated carbocycles. The Morgan fingerprint density at radius 3 is 2.36 bits per heavy atom. The molecule has 5 nitrogen and oxygen atoms in total. The number of carbonyl (C=O) groups excluding carboxylic acids is 2. The van der Waals surface area contributed by atoms with Gasteiger partial charge in [0.2, 0.25) is 6.10 Å². The molecular weight excluding hydrogens is 399 g/mol. The van der Waals surface area contributed by atoms with Crippen LogP contribution in [-0.2, 0) is 9.53 Å². The number of halogens is 2. The van der Waals surface area contributed by atoms with E-state index >= 15 is 0 Å². The number of nitrogens with zero attached hydrogens (tertiary/aromatic N) is 1. The maximum absolute atomic E-state index is 12.8. The normalized spacial score (nSPS) is 11.5. The molecule has 1 amide bonds. The average Bonchev–Trinajstić information content (AvgIpc) is 2.70. The van der Waals surface area contributed by atoms with E-state index in [-0.39, 0.29) is 15.7 Å². The average molecular weight is 415 g/mol. The van der Waals surface area contributed by atoms with E-state index in [1.807, 2.05) is 25.1 Å². The Bertz CT molecular complexity index is 992. The molecule has 3 rings (SSSR count). The number of ether oxygens (including phenoxy) is 1. The number of anilines is 1. The van der Waals surface area contributed by atoms with Crippen LogP contribution in [0.3, 0.4) is 0 Å². The highest BCUT2D eigenvalue weighted by Gasteiger charge is 2.26. The molecule has 0 saturated heterocycles. The van der Waals surface area contributed by atoms with Gasteiger partial charge in [0.15, 0.2) is 0 Å². The first-order valence-electron chi connectivity index (χ1n) is 8.38. The highest BCUT2D eigenvalue weighted by atomic mass is 35.5. The van der Waals surface area contributed by atoms with E-state index in [0.717, 1.165) is 5.56 Å². The van der Waals surface area contributed by atoms with Gasteiger partial charge in [-0.15, -0.1) is 0 Å². The molecule has 1 atom stereocenters. The third-order valence-corrected chi connectivity index (χ3v) is 4.60. The summed E-state index contributed by atoms with van der Waals surface area (Å²) in [6.45, 7) is 1.95. The van der Waals surface area contributed by atoms with Crippen molar-refractivity contribution < 1.29 is 14.3 Å². The molecule has 0 spiro atoms. The summed E-state index contributed by atoms with van der Waals surface area (Å²) >= 11 is 11.7. The van der Waals surface area contributed by atoms with Gasteiger partial charge in [0, 0.05) is 17.4 Å². The molecule has 1 aromatic heterocycles. The smallest absolute Gasteiger partial charge is 0.340 e. The van der Waals surface area contributed by atoms with Crippen LogP contribution >= 0.6 is 23.2 Å². The van der Waals surface area contributed by atoms with Gasteiger partial charge in [-0.2, -0.15) is 0 Å². The highest BCUT2D eigenvalue weighted by Crippen LogP contribution is 2.24. The molecule has 0 aliphatic rings. The summed E-state index contributed by atoms with van der Waals surface area (Å²) in [5.41, 5.74) is 2.30. The molecule has 0 aliphatic carbocycles. The molecule has 0 fully saturated rings. The third-order valence-electron chi connectivity index (χ3n) is 3.92. The van der Waals surface area contributed by atoms with E-state index in [0.29, 0.717) is 11.3 Å². The van der Waals surface area contributed by atoms with E-state index in [1.165, 1.54) is 12.3 Å². The number of carbonyl (C=O) groups is 2. The van der Waals surface area contributed by atoms with E-state index in [2.05, 4.69) is 10.3 Å². The van der Waals surface area contributed by atoms with Crippen LogP contribution in [0, 0.1) is 6.92 Å². The van der Waals surface area contributed by atoms with Gasteiger partial charge in [-0.3, -0.25) is 4.79 Å². The van der Waals surface area contributed by atoms with Crippen LogP contribution in [-0.4, -0.2) is 16.9 Å². The van der Waals surface area contributed by atoms with Crippen molar-refractivity contribution in [2.24, 2.45) is 0 Å². The third kappa shape index (κ3) is 4.88. The van der Waals surface area contributed by atoms with Crippen molar-refractivity contribution in [1.82, 2.24) is 4.98 Å². The van der Waals surface area contributed by atoms with Gasteiger partial charge >= 0.3 is 5.97 Å². The number of aromatic nitrogens is 1. The second kappa shape index (κ2) is 8.87. The van der Waals surface area contributed by atoms with Crippen molar-refractivity contribution >= 4 is 40.8 Å². The summed E-state index contributed by atoms with van der Waals surface area (Å²) in [5.74, 6) is -1.21. The van der Waals surface area contributed by atoms with Crippen LogP contribution < -0.4 is 5.32 Å². The molecule has 0 radical (unpaired) electrons. The van der Waals surface area contributed by atoms with Gasteiger partial charge in [0.1, 0.15) is 5.15 Å². The standard InChI is InChI=1S/C21H16Cl2N2O3/c1-13-7-9-16(10-8-13)25-20(26)18(14-5-3-2-4-6-14)28-21(27)15-11-17(22)19(23)24-12-15/h2-12,18H,1H3,(H,25,26)/t18-/m0/s1. The molecule has 2 aromatic carbocycles. The van der Waals surface area contributed by atoms with Crippen LogP contribution in [0.4, 0.5) is 5.69 Å². The lowest BCUT2D eigenvalue weighted by Gasteiger charge is -2.18. The van der Waals surface area contributed by atoms with Crippen molar-refractivity contribution in [3.8, 4) is 0 Å². The Kier molecular flexibility index (Phi) is 6.29. The van der Waals surface area contributed by atoms with Crippen LogP contribution in [0.25, 0.3) is 0 Å². The van der Waals surface area contributed by atoms with E-state index in [9.17, 15) is 9.59 Å². The summed E-state index contributed by atoms with van der Waals surface area (Å²) in [6, 6.07) is 17.4. The lowest BCUT2D eigenvalue weighted by molar-refractivity contribution is -0.125. The quantitative estimate of drug-likeness (QED) is 0.458. The first-order chi connectivity index (χ1) is 13.4. The minimum Gasteiger partial charge on any atom is -0.444 e. The number of esters is 1. The molecule has 28 heavy (non-hydrogen) atoms. The highest BCUT2D eigenvalue weighted by molar-refractivity contribution is 6.41. The lowest BCUT2D eigenvalue weighted by atomic mass is 10.1. The summed E-state index contributed by atoms with van der Waals surface area (Å²) in [5, 5.41) is 2.97. The molecule has 0 unspecified atom stereocenters. The fourth-order valence-electron chi connectivity index (χ4n) is 2.45. The van der Waals surface area contributed by atoms with E-state index in [1.54, 1.807) is 36.4 Å². The SMILES string of the molecule is Cc1ccc(NC(=O)[C@@H](OC(=O)c2cnc(Cl)c(Cl)c2)c2ccccc2)cc1. The Morgan fingerprint density at radius 2 is 1.71 bits per heavy atom. The summed E-state index contributed by atoms with van der Waals surface area (Å²) in [6.07, 6.45) is 0.0979. The predicted octanol–water partition coefficient (Wildman–Crippen LogP) is 5.23. The number of hydrogen-bond acceptors (Lipinski definition) is 4. The zero-order valence-electron chi connectivity index (χ0n) is 14.9. The number of rotatable bonds is 5. The minimum atomic E-state index is -1.15. The summed E-state index contributed by atoms with van der Waals surface area (Å²) < 4.78 is 5.48. The van der Waals surface area contributed by atoms with Crippen molar-refractivity contribution in [2.45, 2.75) is 13.0 Å². The van der Waals surface area contributed by atoms with Crippen molar-refractivity contribution in [3.05, 3.63) is 93.7 Å². The summed E-state index contributed by atoms with van der Waals surface area (Å²) in [4.78, 5) is 29.2. The Labute approximate surface area is 172 Å². The van der Waals surface area contributed by atoms with Crippen molar-refractivity contribution in [3.63, 3.8) is 0 Å². The second-order valence-corrected chi connectivity index (χ2v) is 6.81. The van der Waals surface area contributed by atoms with Gasteiger partial charge in [-0.25, -0.2) is 9.78 Å². The lowest BCUT2D eigenvalue weighted by Crippen LogP contribution is -2.26. The predicted molar refractivity (Wildman–Crippen MR) is 109 cm³/mol. The molecule has 142 valence electrons. The first kappa shape index (κ1) is 19.9. The summed E-state index contributed by atoms with van der Waals surface area (Å²) in [7, 11) is 0. The molecule has 3 aromatic rings. The zero-order valence-corrected chi connectivity index (χ0v) is 16.4. The number of pyridine rings is 1. The molecule has 1 N–H and O–H groups in total. The van der Waals surface area contributed by atoms with E-state index in [4.69, 9.17) is 27.9 Å². The minimum absolute atomic E-state index is 0.0786. The van der Waals surface area contributed by atoms with Crippen molar-refractivity contribution in [1.29, 1.82) is 0 Å². The van der Waals surface area contributed by atoms with Crippen LogP contribution in [0.1, 0.15) is 27.6 Å². The van der Waals surface area contributed by atoms with Gasteiger partial charge in [0.25, 0.3) is 5.91 Å². The zero-order chi connectivity index (χ0) is 20.1. The topological polar surface area (TPSA) is 68.3 Å². The van der Waals surface area contributed by atoms with E-state index < -0.39 is 18.0 Å². The second-order valence-electron chi connectivity index (χ2n) is 6.05. The Balaban J connectivity index is 1.84. The Hall–Kier alpha value is -2.89. The largest absolute Gasteiger partial charge is 0.444 e. The molecule has 0 bridgehead atoms. The number of amides is 1. The van der Waals surface area contributed by atoms with Crippen LogP contribution in [0.2, 0.25) is 10.2 Å². The number of hydrogen-bond donors (Lipinski definition) is 1. The number of aryl methyl sites for hydroxylation is 1.